The Morgan fingerprint density at radius 2 is 1.65 bits per heavy atom. The minimum Gasteiger partial charge on any atom is -0.462 e. The second-order valence-electron chi connectivity index (χ2n) is 16.3. The summed E-state index contributed by atoms with van der Waals surface area (Å²) < 4.78 is 5.91. The topological polar surface area (TPSA) is 98.2 Å². The summed E-state index contributed by atoms with van der Waals surface area (Å²) in [6.45, 7) is 19.9. The molecule has 0 aliphatic heterocycles. The summed E-state index contributed by atoms with van der Waals surface area (Å²) in [4.78, 5) is 40.1. The number of ketones is 1. The number of fused-ring (bicyclic) bond motifs is 7. The van der Waals surface area contributed by atoms with Crippen LogP contribution < -0.4 is 5.32 Å². The van der Waals surface area contributed by atoms with Gasteiger partial charge in [0.25, 0.3) is 0 Å². The Morgan fingerprint density at radius 3 is 2.28 bits per heavy atom. The van der Waals surface area contributed by atoms with Crippen LogP contribution in [0.15, 0.2) is 11.1 Å². The number of carbonyl (C=O) groups is 3. The van der Waals surface area contributed by atoms with E-state index >= 15 is 0 Å². The molecule has 5 aliphatic carbocycles. The lowest BCUT2D eigenvalue weighted by atomic mass is 9.33. The molecule has 6 rings (SSSR count). The third-order valence-electron chi connectivity index (χ3n) is 13.9. The molecule has 1 heterocycles. The Hall–Kier alpha value is -2.09. The zero-order valence-corrected chi connectivity index (χ0v) is 28.5. The molecule has 1 amide bonds. The molecule has 4 saturated carbocycles. The highest BCUT2D eigenvalue weighted by molar-refractivity contribution is 7.15. The van der Waals surface area contributed by atoms with Gasteiger partial charge in [-0.15, -0.1) is 10.2 Å². The van der Waals surface area contributed by atoms with Crippen LogP contribution in [0.3, 0.4) is 0 Å². The highest BCUT2D eigenvalue weighted by atomic mass is 32.1. The van der Waals surface area contributed by atoms with E-state index in [9.17, 15) is 14.4 Å². The molecule has 0 aromatic carbocycles. The molecule has 43 heavy (non-hydrogen) atoms. The first-order valence-corrected chi connectivity index (χ1v) is 17.4. The summed E-state index contributed by atoms with van der Waals surface area (Å²) in [5.41, 5.74) is 1.44. The predicted molar refractivity (Wildman–Crippen MR) is 168 cm³/mol. The van der Waals surface area contributed by atoms with Crippen molar-refractivity contribution in [2.24, 2.45) is 50.7 Å². The maximum atomic E-state index is 14.3. The molecule has 5 aliphatic rings. The smallest absolute Gasteiger partial charge is 0.302 e. The van der Waals surface area contributed by atoms with Gasteiger partial charge in [0, 0.05) is 18.8 Å². The molecule has 1 aromatic rings. The van der Waals surface area contributed by atoms with Gasteiger partial charge < -0.3 is 4.74 Å². The van der Waals surface area contributed by atoms with Crippen LogP contribution in [-0.4, -0.2) is 34.0 Å². The van der Waals surface area contributed by atoms with Gasteiger partial charge in [0.2, 0.25) is 11.0 Å². The SMILES string of the molecule is CC(=O)O[C@H]1CC[C@@]2(C)C(CC[C@]3(C)C2CCC2C4=C(C(C)C)C(=O)C[C@]4(C(=O)Nc4nnc(C)s4)CC[C@]23C)C1(C)C. The Kier molecular flexibility index (Phi) is 7.16. The van der Waals surface area contributed by atoms with E-state index in [0.717, 1.165) is 61.1 Å². The molecule has 1 aromatic heterocycles. The maximum Gasteiger partial charge on any atom is 0.302 e. The lowest BCUT2D eigenvalue weighted by Gasteiger charge is -2.72. The van der Waals surface area contributed by atoms with Gasteiger partial charge in [-0.05, 0) is 109 Å². The highest BCUT2D eigenvalue weighted by Gasteiger charge is 2.71. The minimum absolute atomic E-state index is 0.00995. The Bertz CT molecular complexity index is 1400. The highest BCUT2D eigenvalue weighted by Crippen LogP contribution is 2.76. The van der Waals surface area contributed by atoms with Crippen LogP contribution in [0.2, 0.25) is 0 Å². The van der Waals surface area contributed by atoms with Crippen molar-refractivity contribution >= 4 is 34.1 Å². The molecule has 0 saturated heterocycles. The van der Waals surface area contributed by atoms with Crippen molar-refractivity contribution in [3.63, 3.8) is 0 Å². The van der Waals surface area contributed by atoms with Crippen LogP contribution in [-0.2, 0) is 19.1 Å². The number of hydrogen-bond acceptors (Lipinski definition) is 7. The Morgan fingerprint density at radius 1 is 0.930 bits per heavy atom. The molecule has 3 unspecified atom stereocenters. The van der Waals surface area contributed by atoms with Crippen molar-refractivity contribution in [1.29, 1.82) is 0 Å². The van der Waals surface area contributed by atoms with Crippen LogP contribution in [0.25, 0.3) is 0 Å². The standard InChI is InChI=1S/C35H51N3O4S/c1-19(2)27-23(40)18-35(29(41)36-30-38-37-20(3)43-30)17-16-33(8)22(28(27)35)10-11-25-32(7)14-13-26(42-21(4)39)31(5,6)24(32)12-15-34(25,33)9/h19,22,24-26H,10-18H2,1-9H3,(H,36,38,41)/t22?,24?,25?,26-,32-,33+,34+,35+/m0/s1. The van der Waals surface area contributed by atoms with Gasteiger partial charge in [-0.2, -0.15) is 0 Å². The van der Waals surface area contributed by atoms with Gasteiger partial charge in [0.1, 0.15) is 11.1 Å². The molecule has 7 nitrogen and oxygen atoms in total. The van der Waals surface area contributed by atoms with Gasteiger partial charge in [-0.3, -0.25) is 19.7 Å². The quantitative estimate of drug-likeness (QED) is 0.351. The second kappa shape index (κ2) is 9.95. The fourth-order valence-electron chi connectivity index (χ4n) is 11.8. The number of carbonyl (C=O) groups excluding carboxylic acids is 3. The number of ether oxygens (including phenoxy) is 1. The molecule has 236 valence electrons. The first-order chi connectivity index (χ1) is 20.0. The molecular formula is C35H51N3O4S. The fourth-order valence-corrected chi connectivity index (χ4v) is 12.4. The third-order valence-corrected chi connectivity index (χ3v) is 14.6. The molecule has 1 N–H and O–H groups in total. The number of esters is 1. The summed E-state index contributed by atoms with van der Waals surface area (Å²) in [5.74, 6) is 1.23. The number of nitrogens with one attached hydrogen (secondary N) is 1. The van der Waals surface area contributed by atoms with E-state index in [4.69, 9.17) is 4.74 Å². The van der Waals surface area contributed by atoms with E-state index in [1.807, 2.05) is 6.92 Å². The van der Waals surface area contributed by atoms with Crippen LogP contribution in [0.5, 0.6) is 0 Å². The van der Waals surface area contributed by atoms with E-state index in [0.29, 0.717) is 23.4 Å². The fraction of sp³-hybridized carbons (Fsp3) is 0.800. The van der Waals surface area contributed by atoms with Gasteiger partial charge in [0.15, 0.2) is 5.78 Å². The van der Waals surface area contributed by atoms with Gasteiger partial charge in [-0.1, -0.05) is 59.8 Å². The Balaban J connectivity index is 1.39. The maximum absolute atomic E-state index is 14.3. The lowest BCUT2D eigenvalue weighted by molar-refractivity contribution is -0.232. The summed E-state index contributed by atoms with van der Waals surface area (Å²) in [7, 11) is 0. The van der Waals surface area contributed by atoms with E-state index in [1.54, 1.807) is 0 Å². The van der Waals surface area contributed by atoms with Crippen LogP contribution in [0.1, 0.15) is 118 Å². The number of nitrogens with zero attached hydrogens (tertiary/aromatic N) is 2. The number of aromatic nitrogens is 2. The van der Waals surface area contributed by atoms with Gasteiger partial charge >= 0.3 is 5.97 Å². The number of allylic oxidation sites excluding steroid dienone is 1. The van der Waals surface area contributed by atoms with Gasteiger partial charge in [-0.25, -0.2) is 0 Å². The van der Waals surface area contributed by atoms with E-state index in [1.165, 1.54) is 18.3 Å². The molecule has 8 atom stereocenters. The zero-order valence-electron chi connectivity index (χ0n) is 27.7. The first kappa shape index (κ1) is 30.9. The van der Waals surface area contributed by atoms with E-state index < -0.39 is 5.41 Å². The van der Waals surface area contributed by atoms with Gasteiger partial charge in [0.05, 0.1) is 5.41 Å². The van der Waals surface area contributed by atoms with Crippen molar-refractivity contribution < 1.29 is 19.1 Å². The monoisotopic (exact) mass is 609 g/mol. The summed E-state index contributed by atoms with van der Waals surface area (Å²) in [6, 6.07) is 0. The lowest BCUT2D eigenvalue weighted by Crippen LogP contribution is -2.66. The molecule has 0 bridgehead atoms. The number of amides is 1. The number of anilines is 1. The number of hydrogen-bond donors (Lipinski definition) is 1. The van der Waals surface area contributed by atoms with Crippen molar-refractivity contribution in [3.05, 3.63) is 16.2 Å². The van der Waals surface area contributed by atoms with Crippen molar-refractivity contribution in [2.45, 2.75) is 126 Å². The zero-order chi connectivity index (χ0) is 31.3. The molecule has 0 radical (unpaired) electrons. The molecule has 0 spiro atoms. The molecular weight excluding hydrogens is 558 g/mol. The summed E-state index contributed by atoms with van der Waals surface area (Å²) in [5, 5.41) is 12.7. The number of aryl methyl sites for hydroxylation is 1. The summed E-state index contributed by atoms with van der Waals surface area (Å²) >= 11 is 1.39. The van der Waals surface area contributed by atoms with Crippen LogP contribution >= 0.6 is 11.3 Å². The van der Waals surface area contributed by atoms with E-state index in [-0.39, 0.29) is 63.7 Å². The average molecular weight is 610 g/mol. The van der Waals surface area contributed by atoms with Crippen molar-refractivity contribution in [3.8, 4) is 0 Å². The van der Waals surface area contributed by atoms with Crippen molar-refractivity contribution in [2.75, 3.05) is 5.32 Å². The molecule has 4 fully saturated rings. The van der Waals surface area contributed by atoms with E-state index in [2.05, 4.69) is 64.0 Å². The van der Waals surface area contributed by atoms with Crippen molar-refractivity contribution in [1.82, 2.24) is 10.2 Å². The van der Waals surface area contributed by atoms with Crippen LogP contribution in [0, 0.1) is 57.7 Å². The summed E-state index contributed by atoms with van der Waals surface area (Å²) in [6.07, 6.45) is 8.23. The van der Waals surface area contributed by atoms with Crippen LogP contribution in [0.4, 0.5) is 5.13 Å². The second-order valence-corrected chi connectivity index (χ2v) is 17.5. The predicted octanol–water partition coefficient (Wildman–Crippen LogP) is 7.70. The molecule has 8 heteroatoms. The average Bonchev–Trinajstić information content (AvgIpc) is 3.46. The minimum atomic E-state index is -0.797. The third kappa shape index (κ3) is 4.20. The Labute approximate surface area is 261 Å². The number of Topliss-reactive ketones (excluding diaryl/α,β-unsaturated/α-hetero) is 1. The number of rotatable bonds is 4. The normalized spacial score (nSPS) is 41.7. The largest absolute Gasteiger partial charge is 0.462 e. The first-order valence-electron chi connectivity index (χ1n) is 16.6.